The molecular formula is C10H16NO4P. The van der Waals surface area contributed by atoms with E-state index in [-0.39, 0.29) is 11.9 Å². The minimum atomic E-state index is -0.776. The number of carbonyl (C=O) groups excluding carboxylic acids is 1. The maximum atomic E-state index is 11.3. The van der Waals surface area contributed by atoms with Gasteiger partial charge in [0.05, 0.1) is 12.6 Å². The van der Waals surface area contributed by atoms with Crippen molar-refractivity contribution < 1.29 is 19.4 Å². The van der Waals surface area contributed by atoms with Crippen molar-refractivity contribution in [3.8, 4) is 0 Å². The van der Waals surface area contributed by atoms with Crippen molar-refractivity contribution in [1.82, 2.24) is 4.67 Å². The number of hydrogen-bond donors (Lipinski definition) is 1. The smallest absolute Gasteiger partial charge is 0.249 e. The van der Waals surface area contributed by atoms with E-state index >= 15 is 0 Å². The van der Waals surface area contributed by atoms with Gasteiger partial charge >= 0.3 is 0 Å². The number of aliphatic hydroxyl groups is 1. The Kier molecular flexibility index (Phi) is 3.05. The molecule has 1 unspecified atom stereocenters. The third-order valence-corrected chi connectivity index (χ3v) is 3.37. The van der Waals surface area contributed by atoms with Crippen LogP contribution in [-0.2, 0) is 14.3 Å². The lowest BCUT2D eigenvalue weighted by Crippen LogP contribution is -2.44. The first kappa shape index (κ1) is 12.0. The SMILES string of the molecule is CC1(C)OC[C@H]([C@@H](O)[C@H]2C=CC(=O)N2P)O1. The van der Waals surface area contributed by atoms with Gasteiger partial charge in [0.1, 0.15) is 12.2 Å². The average molecular weight is 245 g/mol. The molecule has 1 fully saturated rings. The number of carbonyl (C=O) groups is 1. The van der Waals surface area contributed by atoms with Gasteiger partial charge in [-0.3, -0.25) is 4.79 Å². The van der Waals surface area contributed by atoms with Crippen molar-refractivity contribution in [2.45, 2.75) is 37.9 Å². The normalized spacial score (nSPS) is 34.8. The Hall–Kier alpha value is -0.480. The van der Waals surface area contributed by atoms with Crippen LogP contribution in [0.3, 0.4) is 0 Å². The molecule has 1 N–H and O–H groups in total. The monoisotopic (exact) mass is 245 g/mol. The predicted octanol–water partition coefficient (Wildman–Crippen LogP) is 0.0559. The Labute approximate surface area is 96.7 Å². The molecule has 0 radical (unpaired) electrons. The Balaban J connectivity index is 2.01. The van der Waals surface area contributed by atoms with E-state index < -0.39 is 18.0 Å². The molecule has 90 valence electrons. The largest absolute Gasteiger partial charge is 0.388 e. The highest BCUT2D eigenvalue weighted by molar-refractivity contribution is 7.14. The molecule has 0 aromatic rings. The van der Waals surface area contributed by atoms with Crippen LogP contribution < -0.4 is 0 Å². The number of ether oxygens (including phenoxy) is 2. The van der Waals surface area contributed by atoms with E-state index in [0.29, 0.717) is 6.61 Å². The van der Waals surface area contributed by atoms with Gasteiger partial charge in [0.25, 0.3) is 0 Å². The van der Waals surface area contributed by atoms with Crippen molar-refractivity contribution in [2.24, 2.45) is 0 Å². The van der Waals surface area contributed by atoms with Crippen LogP contribution in [0.25, 0.3) is 0 Å². The summed E-state index contributed by atoms with van der Waals surface area (Å²) in [5, 5.41) is 10.1. The molecule has 1 amide bonds. The zero-order chi connectivity index (χ0) is 11.9. The molecule has 0 aliphatic carbocycles. The molecule has 0 aromatic heterocycles. The molecule has 1 saturated heterocycles. The predicted molar refractivity (Wildman–Crippen MR) is 60.4 cm³/mol. The summed E-state index contributed by atoms with van der Waals surface area (Å²) in [5.74, 6) is -0.795. The Morgan fingerprint density at radius 2 is 2.38 bits per heavy atom. The molecule has 2 aliphatic heterocycles. The van der Waals surface area contributed by atoms with Crippen molar-refractivity contribution in [3.05, 3.63) is 12.2 Å². The molecule has 16 heavy (non-hydrogen) atoms. The van der Waals surface area contributed by atoms with Gasteiger partial charge in [-0.05, 0) is 23.2 Å². The maximum Gasteiger partial charge on any atom is 0.249 e. The minimum Gasteiger partial charge on any atom is -0.388 e. The second kappa shape index (κ2) is 4.08. The summed E-state index contributed by atoms with van der Waals surface area (Å²) in [4.78, 5) is 11.3. The average Bonchev–Trinajstić information content (AvgIpc) is 2.71. The fourth-order valence-corrected chi connectivity index (χ4v) is 2.25. The van der Waals surface area contributed by atoms with E-state index in [0.717, 1.165) is 0 Å². The van der Waals surface area contributed by atoms with Crippen LogP contribution in [-0.4, -0.2) is 46.3 Å². The zero-order valence-corrected chi connectivity index (χ0v) is 10.4. The molecule has 2 heterocycles. The summed E-state index contributed by atoms with van der Waals surface area (Å²) in [6.45, 7) is 3.94. The lowest BCUT2D eigenvalue weighted by Gasteiger charge is -2.28. The topological polar surface area (TPSA) is 59.0 Å². The summed E-state index contributed by atoms with van der Waals surface area (Å²) in [5.41, 5.74) is 0. The van der Waals surface area contributed by atoms with Crippen LogP contribution in [0.15, 0.2) is 12.2 Å². The maximum absolute atomic E-state index is 11.3. The molecule has 0 bridgehead atoms. The zero-order valence-electron chi connectivity index (χ0n) is 9.29. The summed E-state index contributed by atoms with van der Waals surface area (Å²) < 4.78 is 12.3. The summed E-state index contributed by atoms with van der Waals surface area (Å²) in [6.07, 6.45) is 1.94. The van der Waals surface area contributed by atoms with Gasteiger partial charge in [-0.25, -0.2) is 0 Å². The van der Waals surface area contributed by atoms with E-state index in [4.69, 9.17) is 9.47 Å². The fourth-order valence-electron chi connectivity index (χ4n) is 1.89. The van der Waals surface area contributed by atoms with Crippen LogP contribution >= 0.6 is 9.39 Å². The molecule has 0 aromatic carbocycles. The summed E-state index contributed by atoms with van der Waals surface area (Å²) in [7, 11) is 2.31. The van der Waals surface area contributed by atoms with E-state index in [1.807, 2.05) is 0 Å². The molecular weight excluding hydrogens is 229 g/mol. The number of nitrogens with zero attached hydrogens (tertiary/aromatic N) is 1. The van der Waals surface area contributed by atoms with Crippen molar-refractivity contribution in [3.63, 3.8) is 0 Å². The first-order valence-electron chi connectivity index (χ1n) is 5.17. The summed E-state index contributed by atoms with van der Waals surface area (Å²) in [6, 6.07) is -0.361. The Bertz CT molecular complexity index is 331. The summed E-state index contributed by atoms with van der Waals surface area (Å²) >= 11 is 0. The molecule has 5 nitrogen and oxygen atoms in total. The van der Waals surface area contributed by atoms with Gasteiger partial charge in [-0.15, -0.1) is 0 Å². The third kappa shape index (κ3) is 2.13. The number of rotatable bonds is 2. The molecule has 2 rings (SSSR count). The lowest BCUT2D eigenvalue weighted by molar-refractivity contribution is -0.153. The van der Waals surface area contributed by atoms with E-state index in [9.17, 15) is 9.90 Å². The standard InChI is InChI=1S/C10H16NO4P/c1-10(2)14-5-7(15-10)9(13)6-3-4-8(12)11(6)16/h3-4,6-7,9,13H,5,16H2,1-2H3/t6-,7-,9+/m1/s1. The lowest BCUT2D eigenvalue weighted by atomic mass is 10.1. The van der Waals surface area contributed by atoms with Gasteiger partial charge in [0.2, 0.25) is 5.91 Å². The second-order valence-electron chi connectivity index (χ2n) is 4.45. The molecule has 4 atom stereocenters. The molecule has 6 heteroatoms. The van der Waals surface area contributed by atoms with Crippen LogP contribution in [0, 0.1) is 0 Å². The first-order chi connectivity index (χ1) is 7.41. The van der Waals surface area contributed by atoms with Gasteiger partial charge < -0.3 is 19.3 Å². The van der Waals surface area contributed by atoms with Gasteiger partial charge in [-0.2, -0.15) is 0 Å². The molecule has 2 aliphatic rings. The van der Waals surface area contributed by atoms with Crippen LogP contribution in [0.5, 0.6) is 0 Å². The minimum absolute atomic E-state index is 0.132. The fraction of sp³-hybridized carbons (Fsp3) is 0.700. The highest BCUT2D eigenvalue weighted by Crippen LogP contribution is 2.29. The molecule has 0 saturated carbocycles. The molecule has 0 spiro atoms. The highest BCUT2D eigenvalue weighted by Gasteiger charge is 2.41. The van der Waals surface area contributed by atoms with Crippen molar-refractivity contribution in [2.75, 3.05) is 6.61 Å². The van der Waals surface area contributed by atoms with Crippen LogP contribution in [0.1, 0.15) is 13.8 Å². The Morgan fingerprint density at radius 1 is 1.69 bits per heavy atom. The number of amides is 1. The van der Waals surface area contributed by atoms with Crippen LogP contribution in [0.2, 0.25) is 0 Å². The van der Waals surface area contributed by atoms with Gasteiger partial charge in [-0.1, -0.05) is 6.08 Å². The highest BCUT2D eigenvalue weighted by atomic mass is 31.0. The van der Waals surface area contributed by atoms with Gasteiger partial charge in [0, 0.05) is 6.08 Å². The third-order valence-electron chi connectivity index (χ3n) is 2.77. The van der Waals surface area contributed by atoms with Crippen molar-refractivity contribution in [1.29, 1.82) is 0 Å². The number of aliphatic hydroxyl groups excluding tert-OH is 1. The second-order valence-corrected chi connectivity index (χ2v) is 5.01. The van der Waals surface area contributed by atoms with E-state index in [2.05, 4.69) is 9.39 Å². The first-order valence-corrected chi connectivity index (χ1v) is 5.68. The van der Waals surface area contributed by atoms with Crippen molar-refractivity contribution >= 4 is 15.3 Å². The van der Waals surface area contributed by atoms with Gasteiger partial charge in [0.15, 0.2) is 5.79 Å². The van der Waals surface area contributed by atoms with E-state index in [1.165, 1.54) is 10.7 Å². The Morgan fingerprint density at radius 3 is 2.81 bits per heavy atom. The quantitative estimate of drug-likeness (QED) is 0.699. The van der Waals surface area contributed by atoms with E-state index in [1.54, 1.807) is 19.9 Å². The van der Waals surface area contributed by atoms with Crippen LogP contribution in [0.4, 0.5) is 0 Å². The number of hydrogen-bond acceptors (Lipinski definition) is 4.